The van der Waals surface area contributed by atoms with Crippen molar-refractivity contribution in [3.63, 3.8) is 0 Å². The van der Waals surface area contributed by atoms with Crippen molar-refractivity contribution in [3.05, 3.63) is 48.4 Å². The first-order valence-corrected chi connectivity index (χ1v) is 9.14. The van der Waals surface area contributed by atoms with Crippen LogP contribution in [0.15, 0.2) is 27.8 Å². The molecule has 13 heteroatoms. The fourth-order valence-electron chi connectivity index (χ4n) is 2.13. The number of ether oxygens (including phenoxy) is 1. The van der Waals surface area contributed by atoms with Gasteiger partial charge in [0.1, 0.15) is 18.5 Å². The molecule has 1 aromatic carbocycles. The van der Waals surface area contributed by atoms with Crippen LogP contribution in [0.1, 0.15) is 0 Å². The highest BCUT2D eigenvalue weighted by Gasteiger charge is 2.21. The molecule has 4 N–H and O–H groups in total. The number of anilines is 2. The fourth-order valence-corrected chi connectivity index (χ4v) is 2.58. The van der Waals surface area contributed by atoms with E-state index in [0.717, 1.165) is 4.57 Å². The van der Waals surface area contributed by atoms with Crippen LogP contribution < -0.4 is 26.8 Å². The smallest absolute Gasteiger partial charge is 0.399 e. The molecule has 158 valence electrons. The zero-order chi connectivity index (χ0) is 21.7. The molecule has 0 saturated carbocycles. The van der Waals surface area contributed by atoms with Gasteiger partial charge in [0.2, 0.25) is 5.75 Å². The van der Waals surface area contributed by atoms with Gasteiger partial charge in [-0.25, -0.2) is 14.0 Å². The maximum absolute atomic E-state index is 14.2. The lowest BCUT2D eigenvalue weighted by Crippen LogP contribution is -2.40. The first-order chi connectivity index (χ1) is 13.6. The molecule has 11 nitrogen and oxygen atoms in total. The number of hydrogen-bond acceptors (Lipinski definition) is 8. The largest absolute Gasteiger partial charge is 0.437 e. The normalized spacial score (nSPS) is 11.8. The van der Waals surface area contributed by atoms with E-state index in [-0.39, 0.29) is 11.5 Å². The highest BCUT2D eigenvalue weighted by atomic mass is 127. The Morgan fingerprint density at radius 1 is 1.31 bits per heavy atom. The maximum atomic E-state index is 14.2. The number of aliphatic hydroxyl groups is 2. The predicted octanol–water partition coefficient (Wildman–Crippen LogP) is -0.0555. The number of benzene rings is 1. The summed E-state index contributed by atoms with van der Waals surface area (Å²) in [4.78, 5) is 41.2. The number of rotatable bonds is 7. The average Bonchev–Trinajstić information content (AvgIpc) is 2.68. The Hall–Kier alpha value is -2.49. The lowest BCUT2D eigenvalue weighted by atomic mass is 10.3. The molecule has 0 spiro atoms. The van der Waals surface area contributed by atoms with Gasteiger partial charge in [0.15, 0.2) is 5.82 Å². The van der Waals surface area contributed by atoms with Crippen LogP contribution in [0, 0.1) is 9.39 Å². The summed E-state index contributed by atoms with van der Waals surface area (Å²) in [7, 11) is 2.48. The first-order valence-electron chi connectivity index (χ1n) is 8.06. The molecule has 0 unspecified atom stereocenters. The summed E-state index contributed by atoms with van der Waals surface area (Å²) in [6, 6.07) is 4.22. The molecule has 1 aromatic heterocycles. The van der Waals surface area contributed by atoms with Crippen molar-refractivity contribution in [3.8, 4) is 5.75 Å². The van der Waals surface area contributed by atoms with Crippen LogP contribution in [0.5, 0.6) is 5.75 Å². The van der Waals surface area contributed by atoms with Gasteiger partial charge in [-0.3, -0.25) is 18.8 Å². The molecule has 0 aliphatic rings. The first kappa shape index (κ1) is 22.8. The van der Waals surface area contributed by atoms with Gasteiger partial charge in [-0.05, 0) is 40.8 Å². The molecular weight excluding hydrogens is 506 g/mol. The minimum Gasteiger partial charge on any atom is -0.399 e. The molecular formula is C16H18FIN4O7. The molecule has 0 aliphatic heterocycles. The highest BCUT2D eigenvalue weighted by molar-refractivity contribution is 14.1. The van der Waals surface area contributed by atoms with Crippen molar-refractivity contribution in [1.82, 2.24) is 14.6 Å². The van der Waals surface area contributed by atoms with E-state index < -0.39 is 48.2 Å². The van der Waals surface area contributed by atoms with Gasteiger partial charge in [-0.1, -0.05) is 0 Å². The lowest BCUT2D eigenvalue weighted by molar-refractivity contribution is -0.0291. The zero-order valence-electron chi connectivity index (χ0n) is 15.3. The summed E-state index contributed by atoms with van der Waals surface area (Å²) in [6.45, 7) is -1.02. The highest BCUT2D eigenvalue weighted by Crippen LogP contribution is 2.25. The molecule has 0 radical (unpaired) electrons. The summed E-state index contributed by atoms with van der Waals surface area (Å²) in [6.07, 6.45) is -2.47. The van der Waals surface area contributed by atoms with Gasteiger partial charge in [-0.15, -0.1) is 0 Å². The van der Waals surface area contributed by atoms with Crippen molar-refractivity contribution in [2.75, 3.05) is 18.5 Å². The number of amides is 1. The molecule has 1 atom stereocenters. The zero-order valence-corrected chi connectivity index (χ0v) is 17.5. The number of hydroxylamine groups is 1. The maximum Gasteiger partial charge on any atom is 0.437 e. The van der Waals surface area contributed by atoms with E-state index >= 15 is 0 Å². The third-order valence-electron chi connectivity index (χ3n) is 3.64. The van der Waals surface area contributed by atoms with Gasteiger partial charge >= 0.3 is 17.3 Å². The molecule has 29 heavy (non-hydrogen) atoms. The second kappa shape index (κ2) is 9.82. The Balaban J connectivity index is 2.36. The van der Waals surface area contributed by atoms with Crippen LogP contribution in [0.4, 0.5) is 20.7 Å². The summed E-state index contributed by atoms with van der Waals surface area (Å²) >= 11 is 1.92. The van der Waals surface area contributed by atoms with Crippen LogP contribution in [0.25, 0.3) is 0 Å². The van der Waals surface area contributed by atoms with Gasteiger partial charge in [0.25, 0.3) is 0 Å². The van der Waals surface area contributed by atoms with E-state index in [1.165, 1.54) is 26.2 Å². The van der Waals surface area contributed by atoms with Crippen LogP contribution in [-0.4, -0.2) is 44.8 Å². The SMILES string of the molecule is Cn1c(Nc2ccc(I)cc2F)c(OC(=O)NOC[C@H](O)CO)c(=O)n(C)c1=O. The fraction of sp³-hybridized carbons (Fsp3) is 0.312. The van der Waals surface area contributed by atoms with E-state index in [1.54, 1.807) is 6.07 Å². The number of aliphatic hydroxyl groups excluding tert-OH is 2. The Labute approximate surface area is 176 Å². The Morgan fingerprint density at radius 2 is 2.00 bits per heavy atom. The molecule has 0 bridgehead atoms. The number of hydrogen-bond donors (Lipinski definition) is 4. The second-order valence-electron chi connectivity index (χ2n) is 5.77. The van der Waals surface area contributed by atoms with Crippen LogP contribution in [0.2, 0.25) is 0 Å². The van der Waals surface area contributed by atoms with Crippen molar-refractivity contribution >= 4 is 40.2 Å². The summed E-state index contributed by atoms with van der Waals surface area (Å²) in [5.74, 6) is -1.50. The molecule has 2 aromatic rings. The van der Waals surface area contributed by atoms with E-state index in [1.807, 2.05) is 28.1 Å². The van der Waals surface area contributed by atoms with E-state index in [9.17, 15) is 18.8 Å². The molecule has 2 rings (SSSR count). The van der Waals surface area contributed by atoms with Crippen molar-refractivity contribution in [1.29, 1.82) is 0 Å². The Kier molecular flexibility index (Phi) is 7.72. The minimum absolute atomic E-state index is 0.0544. The number of aromatic nitrogens is 2. The second-order valence-corrected chi connectivity index (χ2v) is 7.02. The monoisotopic (exact) mass is 524 g/mol. The van der Waals surface area contributed by atoms with Crippen LogP contribution in [-0.2, 0) is 18.9 Å². The van der Waals surface area contributed by atoms with Gasteiger partial charge in [0, 0.05) is 17.7 Å². The number of nitrogens with one attached hydrogen (secondary N) is 2. The van der Waals surface area contributed by atoms with Crippen LogP contribution >= 0.6 is 22.6 Å². The quantitative estimate of drug-likeness (QED) is 0.292. The number of nitrogens with zero attached hydrogens (tertiary/aromatic N) is 2. The van der Waals surface area contributed by atoms with Crippen molar-refractivity contribution in [2.24, 2.45) is 14.1 Å². The minimum atomic E-state index is -1.24. The molecule has 0 saturated heterocycles. The van der Waals surface area contributed by atoms with Gasteiger partial charge in [0.05, 0.1) is 12.3 Å². The topological polar surface area (TPSA) is 144 Å². The van der Waals surface area contributed by atoms with E-state index in [2.05, 4.69) is 10.2 Å². The van der Waals surface area contributed by atoms with Crippen LogP contribution in [0.3, 0.4) is 0 Å². The molecule has 0 aliphatic carbocycles. The average molecular weight is 524 g/mol. The van der Waals surface area contributed by atoms with Gasteiger partial charge < -0.3 is 20.3 Å². The summed E-state index contributed by atoms with van der Waals surface area (Å²) in [5, 5.41) is 20.4. The number of halogens is 2. The number of carbonyl (C=O) groups excluding carboxylic acids is 1. The number of carbonyl (C=O) groups is 1. The van der Waals surface area contributed by atoms with Crippen molar-refractivity contribution in [2.45, 2.75) is 6.10 Å². The summed E-state index contributed by atoms with van der Waals surface area (Å²) in [5.41, 5.74) is 0.0727. The Bertz CT molecular complexity index is 1020. The van der Waals surface area contributed by atoms with Gasteiger partial charge in [-0.2, -0.15) is 5.48 Å². The third kappa shape index (κ3) is 5.53. The summed E-state index contributed by atoms with van der Waals surface area (Å²) < 4.78 is 21.4. The van der Waals surface area contributed by atoms with E-state index in [0.29, 0.717) is 8.14 Å². The van der Waals surface area contributed by atoms with Crippen molar-refractivity contribution < 1.29 is 29.0 Å². The Morgan fingerprint density at radius 3 is 2.62 bits per heavy atom. The lowest BCUT2D eigenvalue weighted by Gasteiger charge is -2.17. The molecule has 1 heterocycles. The predicted molar refractivity (Wildman–Crippen MR) is 108 cm³/mol. The van der Waals surface area contributed by atoms with E-state index in [4.69, 9.17) is 14.9 Å². The standard InChI is InChI=1S/C16H18FIN4O7/c1-21-13(19-11-4-3-8(18)5-10(11)17)12(14(25)22(2)16(21)27)29-15(26)20-28-7-9(24)6-23/h3-5,9,19,23-24H,6-7H2,1-2H3,(H,20,26)/t9-/m1/s1. The molecule has 0 fully saturated rings. The molecule has 1 amide bonds. The third-order valence-corrected chi connectivity index (χ3v) is 4.32.